The van der Waals surface area contributed by atoms with Crippen molar-refractivity contribution >= 4 is 82.4 Å². The zero-order valence-corrected chi connectivity index (χ0v) is 40.4. The van der Waals surface area contributed by atoms with Gasteiger partial charge < -0.3 is 54.8 Å². The van der Waals surface area contributed by atoms with E-state index in [1.165, 1.54) is 4.90 Å². The van der Waals surface area contributed by atoms with Crippen LogP contribution < -0.4 is 5.32 Å². The molecule has 0 aliphatic carbocycles. The Morgan fingerprint density at radius 1 is 0.620 bits per heavy atom. The molecule has 4 atom stereocenters. The molecule has 3 amide bonds. The van der Waals surface area contributed by atoms with Gasteiger partial charge in [0.25, 0.3) is 0 Å². The third kappa shape index (κ3) is 22.3. The van der Waals surface area contributed by atoms with Gasteiger partial charge in [-0.2, -0.15) is 0 Å². The molecule has 20 nitrogen and oxygen atoms in total. The van der Waals surface area contributed by atoms with Crippen LogP contribution in [0, 0.1) is 0 Å². The fourth-order valence-electron chi connectivity index (χ4n) is 6.13. The smallest absolute Gasteiger partial charge is 0.330 e. The Morgan fingerprint density at radius 2 is 1.06 bits per heavy atom. The number of hydrogen-bond acceptors (Lipinski definition) is 13. The van der Waals surface area contributed by atoms with Gasteiger partial charge in [-0.3, -0.25) is 29.3 Å². The van der Waals surface area contributed by atoms with Crippen molar-refractivity contribution in [2.24, 2.45) is 0 Å². The summed E-state index contributed by atoms with van der Waals surface area (Å²) in [4.78, 5) is 93.7. The maximum atomic E-state index is 11.9. The molecule has 1 aliphatic rings. The fraction of sp³-hybridized carbons (Fsp3) is 0.333. The highest BCUT2D eigenvalue weighted by molar-refractivity contribution is 6.28. The Morgan fingerprint density at radius 3 is 1.44 bits per heavy atom. The average Bonchev–Trinajstić information content (AvgIpc) is 3.37. The molecule has 0 unspecified atom stereocenters. The first-order chi connectivity index (χ1) is 34.0. The van der Waals surface area contributed by atoms with Crippen LogP contribution in [0.25, 0.3) is 0 Å². The summed E-state index contributed by atoms with van der Waals surface area (Å²) in [7, 11) is 0. The maximum Gasteiger partial charge on any atom is 0.330 e. The van der Waals surface area contributed by atoms with Crippen molar-refractivity contribution in [2.75, 3.05) is 50.7 Å². The maximum absolute atomic E-state index is 11.9. The van der Waals surface area contributed by atoms with Crippen molar-refractivity contribution in [2.45, 2.75) is 50.3 Å². The molecule has 1 aliphatic heterocycles. The molecule has 4 aromatic rings. The third-order valence-corrected chi connectivity index (χ3v) is 10.5. The van der Waals surface area contributed by atoms with Gasteiger partial charge in [0.1, 0.15) is 36.9 Å². The van der Waals surface area contributed by atoms with Gasteiger partial charge in [0.15, 0.2) is 18.1 Å². The molecular formula is C48H55Cl3N4O16. The van der Waals surface area contributed by atoms with Crippen LogP contribution in [-0.4, -0.2) is 168 Å². The number of aliphatic hydroxyl groups excluding tert-OH is 2. The lowest BCUT2D eigenvalue weighted by Crippen LogP contribution is -2.52. The Hall–Kier alpha value is -6.65. The number of carboxylic acid groups (broad SMARTS) is 4. The first kappa shape index (κ1) is 60.5. The molecule has 23 heteroatoms. The van der Waals surface area contributed by atoms with Gasteiger partial charge in [0.2, 0.25) is 17.7 Å². The minimum absolute atomic E-state index is 0.0434. The highest BCUT2D eigenvalue weighted by Crippen LogP contribution is 2.15. The van der Waals surface area contributed by atoms with Gasteiger partial charge in [-0.15, -0.1) is 34.8 Å². The van der Waals surface area contributed by atoms with Crippen LogP contribution in [0.3, 0.4) is 0 Å². The lowest BCUT2D eigenvalue weighted by atomic mass is 10.1. The number of esters is 1. The van der Waals surface area contributed by atoms with Crippen LogP contribution in [0.5, 0.6) is 0 Å². The predicted octanol–water partition coefficient (Wildman–Crippen LogP) is 2.91. The Kier molecular flexibility index (Phi) is 28.8. The van der Waals surface area contributed by atoms with Crippen LogP contribution in [0.1, 0.15) is 22.3 Å². The molecule has 0 aromatic heterocycles. The fourth-order valence-corrected chi connectivity index (χ4v) is 6.51. The number of carbonyl (C=O) groups excluding carboxylic acids is 4. The topological polar surface area (TPSA) is 298 Å². The quantitative estimate of drug-likeness (QED) is 0.0440. The number of halogens is 3. The van der Waals surface area contributed by atoms with Crippen molar-refractivity contribution in [3.05, 3.63) is 144 Å². The first-order valence-corrected chi connectivity index (χ1v) is 22.9. The molecule has 1 saturated heterocycles. The molecule has 0 saturated carbocycles. The number of carbonyl (C=O) groups is 8. The summed E-state index contributed by atoms with van der Waals surface area (Å²) in [6, 6.07) is 32.1. The van der Waals surface area contributed by atoms with Gasteiger partial charge in [0.05, 0.1) is 19.8 Å². The molecule has 0 spiro atoms. The molecule has 7 N–H and O–H groups in total. The second kappa shape index (κ2) is 33.8. The zero-order valence-electron chi connectivity index (χ0n) is 38.1. The van der Waals surface area contributed by atoms with Crippen LogP contribution in [0.2, 0.25) is 0 Å². The van der Waals surface area contributed by atoms with Crippen molar-refractivity contribution in [1.82, 2.24) is 20.0 Å². The van der Waals surface area contributed by atoms with Crippen LogP contribution in [0.4, 0.5) is 0 Å². The Labute approximate surface area is 423 Å². The lowest BCUT2D eigenvalue weighted by Gasteiger charge is -2.32. The number of benzene rings is 4. The summed E-state index contributed by atoms with van der Waals surface area (Å²) in [6.45, 7) is -0.641. The van der Waals surface area contributed by atoms with E-state index in [1.54, 1.807) is 54.6 Å². The van der Waals surface area contributed by atoms with E-state index < -0.39 is 91.5 Å². The van der Waals surface area contributed by atoms with Crippen LogP contribution in [-0.2, 0) is 74.0 Å². The number of rotatable bonds is 22. The SMILES string of the molecule is O=C(CCl)OC[C@@H](C(=O)O)N(Cc1ccccc1)C(=O)CCl.O=C(O)[C@@H]1COCC(=O)N1Cc1ccccc1.O=C(O)[C@H](CO)N(Cc1ccccc1)C(=O)CCl.O=C(O)[C@H](CO)NCc1ccccc1. The normalized spacial score (nSPS) is 13.9. The van der Waals surface area contributed by atoms with E-state index in [4.69, 9.17) is 69.8 Å². The summed E-state index contributed by atoms with van der Waals surface area (Å²) in [6.07, 6.45) is 0. The number of morpholine rings is 1. The highest BCUT2D eigenvalue weighted by Gasteiger charge is 2.34. The van der Waals surface area contributed by atoms with E-state index in [2.05, 4.69) is 5.32 Å². The summed E-state index contributed by atoms with van der Waals surface area (Å²) in [5.41, 5.74) is 3.41. The van der Waals surface area contributed by atoms with Crippen molar-refractivity contribution in [3.63, 3.8) is 0 Å². The molecule has 384 valence electrons. The summed E-state index contributed by atoms with van der Waals surface area (Å²) in [5.74, 6) is -7.85. The number of alkyl halides is 3. The van der Waals surface area contributed by atoms with Crippen molar-refractivity contribution in [3.8, 4) is 0 Å². The van der Waals surface area contributed by atoms with Gasteiger partial charge in [-0.1, -0.05) is 121 Å². The second-order valence-corrected chi connectivity index (χ2v) is 15.6. The summed E-state index contributed by atoms with van der Waals surface area (Å²) < 4.78 is 9.69. The number of aliphatic carboxylic acids is 4. The standard InChI is InChI=1S/C14H15Cl2NO5.C12H14ClNO4.C12H13NO4.C10H13NO3/c15-6-12(18)17(8-10-4-2-1-3-5-10)11(14(20)21)9-22-13(19)7-16;13-6-11(16)14(10(8-15)12(17)18)7-9-4-2-1-3-5-9;14-11-8-17-7-10(12(15)16)13(11)6-9-4-2-1-3-5-9;12-7-9(10(13)14)11-6-8-4-2-1-3-5-8/h1-5,11H,6-9H2,(H,20,21);1-5,10,15H,6-8H2,(H,17,18);1-5,10H,6-8H2,(H,15,16);1-5,9,11-12H,6-7H2,(H,13,14)/t11-;2*10-;9-/m0000/s1. The molecular weight excluding hydrogens is 995 g/mol. The molecule has 71 heavy (non-hydrogen) atoms. The molecule has 1 heterocycles. The number of ether oxygens (including phenoxy) is 2. The number of nitrogens with zero attached hydrogens (tertiary/aromatic N) is 3. The lowest BCUT2D eigenvalue weighted by molar-refractivity contribution is -0.163. The number of aliphatic hydroxyl groups is 2. The number of amides is 3. The van der Waals surface area contributed by atoms with E-state index >= 15 is 0 Å². The molecule has 5 rings (SSSR count). The Balaban J connectivity index is 0.000000328. The van der Waals surface area contributed by atoms with E-state index in [0.29, 0.717) is 13.1 Å². The van der Waals surface area contributed by atoms with Crippen molar-refractivity contribution in [1.29, 1.82) is 0 Å². The molecule has 1 fully saturated rings. The number of carboxylic acids is 4. The highest BCUT2D eigenvalue weighted by atomic mass is 35.5. The Bertz CT molecular complexity index is 2270. The summed E-state index contributed by atoms with van der Waals surface area (Å²) >= 11 is 16.3. The minimum Gasteiger partial charge on any atom is -0.480 e. The van der Waals surface area contributed by atoms with Gasteiger partial charge in [-0.25, -0.2) is 14.4 Å². The van der Waals surface area contributed by atoms with E-state index in [0.717, 1.165) is 32.1 Å². The van der Waals surface area contributed by atoms with Gasteiger partial charge in [0, 0.05) is 26.2 Å². The van der Waals surface area contributed by atoms with E-state index in [1.807, 2.05) is 66.7 Å². The monoisotopic (exact) mass is 1050 g/mol. The number of nitrogens with one attached hydrogen (secondary N) is 1. The average molecular weight is 1050 g/mol. The number of hydrogen-bond donors (Lipinski definition) is 7. The second-order valence-electron chi connectivity index (χ2n) is 14.8. The van der Waals surface area contributed by atoms with Crippen molar-refractivity contribution < 1.29 is 78.5 Å². The van der Waals surface area contributed by atoms with Gasteiger partial charge in [-0.05, 0) is 22.3 Å². The molecule has 4 aromatic carbocycles. The largest absolute Gasteiger partial charge is 0.480 e. The van der Waals surface area contributed by atoms with E-state index in [-0.39, 0.29) is 44.0 Å². The van der Waals surface area contributed by atoms with E-state index in [9.17, 15) is 43.5 Å². The third-order valence-electron chi connectivity index (χ3n) is 9.82. The summed E-state index contributed by atoms with van der Waals surface area (Å²) in [5, 5.41) is 56.5. The van der Waals surface area contributed by atoms with Gasteiger partial charge >= 0.3 is 29.8 Å². The van der Waals surface area contributed by atoms with Crippen LogP contribution >= 0.6 is 34.8 Å². The van der Waals surface area contributed by atoms with Crippen LogP contribution in [0.15, 0.2) is 121 Å². The predicted molar refractivity (Wildman–Crippen MR) is 258 cm³/mol. The molecule has 0 radical (unpaired) electrons. The zero-order chi connectivity index (χ0) is 52.7. The minimum atomic E-state index is -1.33. The first-order valence-electron chi connectivity index (χ1n) is 21.3. The molecule has 0 bridgehead atoms.